The van der Waals surface area contributed by atoms with Crippen molar-refractivity contribution in [3.63, 3.8) is 0 Å². The lowest BCUT2D eigenvalue weighted by molar-refractivity contribution is -0.323. The highest BCUT2D eigenvalue weighted by molar-refractivity contribution is 4.50. The highest BCUT2D eigenvalue weighted by Gasteiger charge is 2.28. The first kappa shape index (κ1) is 10.7. The molecule has 1 N–H and O–H groups in total. The van der Waals surface area contributed by atoms with Crippen LogP contribution in [0.4, 0.5) is 13.2 Å². The predicted octanol–water partition coefficient (Wildman–Crippen LogP) is 1.52. The van der Waals surface area contributed by atoms with Crippen molar-refractivity contribution in [1.29, 1.82) is 0 Å². The minimum absolute atomic E-state index is 0.187. The zero-order chi connectivity index (χ0) is 8.91. The molecule has 0 aromatic rings. The molecule has 0 atom stereocenters. The molecule has 0 bridgehead atoms. The molecule has 0 aliphatic heterocycles. The van der Waals surface area contributed by atoms with Gasteiger partial charge in [-0.1, -0.05) is 13.8 Å². The summed E-state index contributed by atoms with van der Waals surface area (Å²) in [6.07, 6.45) is -4.50. The van der Waals surface area contributed by atoms with Crippen molar-refractivity contribution in [3.05, 3.63) is 0 Å². The molecular formula is C6H12F3NO. The summed E-state index contributed by atoms with van der Waals surface area (Å²) in [4.78, 5) is 0. The van der Waals surface area contributed by atoms with E-state index < -0.39 is 6.36 Å². The lowest BCUT2D eigenvalue weighted by atomic mass is 10.4. The van der Waals surface area contributed by atoms with E-state index in [4.69, 9.17) is 0 Å². The zero-order valence-corrected chi connectivity index (χ0v) is 6.53. The molecule has 0 saturated heterocycles. The Kier molecular flexibility index (Phi) is 4.44. The third-order valence-electron chi connectivity index (χ3n) is 0.920. The Morgan fingerprint density at radius 1 is 1.36 bits per heavy atom. The van der Waals surface area contributed by atoms with Crippen LogP contribution in [0.15, 0.2) is 0 Å². The molecule has 0 aliphatic carbocycles. The first-order valence-electron chi connectivity index (χ1n) is 3.36. The Morgan fingerprint density at radius 2 is 1.91 bits per heavy atom. The molecule has 5 heteroatoms. The summed E-state index contributed by atoms with van der Waals surface area (Å²) in [6.45, 7) is 3.60. The first-order valence-corrected chi connectivity index (χ1v) is 3.36. The number of hydrogen-bond donors (Lipinski definition) is 1. The number of ether oxygens (including phenoxy) is 1. The van der Waals surface area contributed by atoms with Crippen molar-refractivity contribution < 1.29 is 17.9 Å². The molecule has 0 saturated carbocycles. The van der Waals surface area contributed by atoms with Crippen molar-refractivity contribution in [2.75, 3.05) is 13.2 Å². The molecule has 0 aromatic heterocycles. The molecule has 0 amide bonds. The molecule has 0 spiro atoms. The van der Waals surface area contributed by atoms with Gasteiger partial charge in [-0.2, -0.15) is 0 Å². The molecule has 0 heterocycles. The third-order valence-corrected chi connectivity index (χ3v) is 0.920. The van der Waals surface area contributed by atoms with Gasteiger partial charge in [-0.05, 0) is 0 Å². The van der Waals surface area contributed by atoms with E-state index in [1.165, 1.54) is 0 Å². The summed E-state index contributed by atoms with van der Waals surface area (Å²) in [6, 6.07) is 0.187. The van der Waals surface area contributed by atoms with Crippen molar-refractivity contribution >= 4 is 0 Å². The van der Waals surface area contributed by atoms with Crippen molar-refractivity contribution in [2.45, 2.75) is 26.3 Å². The highest BCUT2D eigenvalue weighted by Crippen LogP contribution is 2.14. The van der Waals surface area contributed by atoms with Crippen LogP contribution in [-0.4, -0.2) is 25.6 Å². The van der Waals surface area contributed by atoms with Gasteiger partial charge in [0, 0.05) is 12.6 Å². The van der Waals surface area contributed by atoms with Crippen LogP contribution in [0.2, 0.25) is 0 Å². The van der Waals surface area contributed by atoms with Gasteiger partial charge in [0.1, 0.15) is 0 Å². The van der Waals surface area contributed by atoms with Gasteiger partial charge in [-0.15, -0.1) is 13.2 Å². The van der Waals surface area contributed by atoms with Gasteiger partial charge in [0.25, 0.3) is 0 Å². The average molecular weight is 171 g/mol. The van der Waals surface area contributed by atoms with Crippen LogP contribution in [0.5, 0.6) is 0 Å². The molecule has 0 rings (SSSR count). The Morgan fingerprint density at radius 3 is 2.27 bits per heavy atom. The highest BCUT2D eigenvalue weighted by atomic mass is 19.4. The van der Waals surface area contributed by atoms with E-state index in [2.05, 4.69) is 10.1 Å². The van der Waals surface area contributed by atoms with E-state index in [1.54, 1.807) is 0 Å². The van der Waals surface area contributed by atoms with E-state index in [0.717, 1.165) is 0 Å². The maximum atomic E-state index is 11.3. The summed E-state index contributed by atoms with van der Waals surface area (Å²) in [5.41, 5.74) is 0. The average Bonchev–Trinajstić information content (AvgIpc) is 1.78. The molecule has 0 radical (unpaired) electrons. The number of rotatable bonds is 4. The number of nitrogens with one attached hydrogen (secondary N) is 1. The lowest BCUT2D eigenvalue weighted by Crippen LogP contribution is -2.29. The molecule has 2 nitrogen and oxygen atoms in total. The number of hydrogen-bond acceptors (Lipinski definition) is 2. The maximum Gasteiger partial charge on any atom is 0.522 e. The minimum Gasteiger partial charge on any atom is -0.312 e. The van der Waals surface area contributed by atoms with Crippen LogP contribution in [0.3, 0.4) is 0 Å². The molecule has 0 unspecified atom stereocenters. The fourth-order valence-electron chi connectivity index (χ4n) is 0.514. The van der Waals surface area contributed by atoms with Crippen LogP contribution >= 0.6 is 0 Å². The first-order chi connectivity index (χ1) is 4.92. The van der Waals surface area contributed by atoms with E-state index in [9.17, 15) is 13.2 Å². The summed E-state index contributed by atoms with van der Waals surface area (Å²) < 4.78 is 37.5. The maximum absolute atomic E-state index is 11.3. The van der Waals surface area contributed by atoms with E-state index >= 15 is 0 Å². The van der Waals surface area contributed by atoms with Crippen molar-refractivity contribution in [3.8, 4) is 0 Å². The van der Waals surface area contributed by atoms with Crippen molar-refractivity contribution in [2.24, 2.45) is 0 Å². The van der Waals surface area contributed by atoms with Crippen molar-refractivity contribution in [1.82, 2.24) is 5.32 Å². The molecular weight excluding hydrogens is 159 g/mol. The second kappa shape index (κ2) is 4.56. The van der Waals surface area contributed by atoms with E-state index in [1.807, 2.05) is 13.8 Å². The van der Waals surface area contributed by atoms with Gasteiger partial charge < -0.3 is 5.32 Å². The fourth-order valence-corrected chi connectivity index (χ4v) is 0.514. The predicted molar refractivity (Wildman–Crippen MR) is 35.1 cm³/mol. The summed E-state index contributed by atoms with van der Waals surface area (Å²) in [7, 11) is 0. The van der Waals surface area contributed by atoms with Crippen LogP contribution in [0.25, 0.3) is 0 Å². The summed E-state index contributed by atoms with van der Waals surface area (Å²) in [5, 5.41) is 2.79. The topological polar surface area (TPSA) is 21.3 Å². The largest absolute Gasteiger partial charge is 0.522 e. The zero-order valence-electron chi connectivity index (χ0n) is 6.53. The second-order valence-corrected chi connectivity index (χ2v) is 2.40. The Bertz CT molecular complexity index is 102. The molecule has 68 valence electrons. The van der Waals surface area contributed by atoms with Gasteiger partial charge in [0.2, 0.25) is 0 Å². The van der Waals surface area contributed by atoms with E-state index in [-0.39, 0.29) is 19.2 Å². The quantitative estimate of drug-likeness (QED) is 0.647. The molecule has 0 aliphatic rings. The summed E-state index contributed by atoms with van der Waals surface area (Å²) in [5.74, 6) is 0. The normalized spacial score (nSPS) is 12.5. The SMILES string of the molecule is CC(C)NCCOC(F)(F)F. The van der Waals surface area contributed by atoms with Crippen LogP contribution in [0, 0.1) is 0 Å². The monoisotopic (exact) mass is 171 g/mol. The van der Waals surface area contributed by atoms with Gasteiger partial charge in [-0.25, -0.2) is 0 Å². The number of halogens is 3. The van der Waals surface area contributed by atoms with Crippen LogP contribution in [-0.2, 0) is 4.74 Å². The van der Waals surface area contributed by atoms with Gasteiger partial charge in [0.05, 0.1) is 6.61 Å². The van der Waals surface area contributed by atoms with Crippen LogP contribution < -0.4 is 5.32 Å². The standard InChI is InChI=1S/C6H12F3NO/c1-5(2)10-3-4-11-6(7,8)9/h5,10H,3-4H2,1-2H3. The fraction of sp³-hybridized carbons (Fsp3) is 1.00. The second-order valence-electron chi connectivity index (χ2n) is 2.40. The van der Waals surface area contributed by atoms with Gasteiger partial charge in [-0.3, -0.25) is 4.74 Å². The third kappa shape index (κ3) is 9.71. The molecule has 0 fully saturated rings. The molecule has 11 heavy (non-hydrogen) atoms. The Hall–Kier alpha value is -0.290. The smallest absolute Gasteiger partial charge is 0.312 e. The van der Waals surface area contributed by atoms with E-state index in [0.29, 0.717) is 0 Å². The van der Waals surface area contributed by atoms with Crippen LogP contribution in [0.1, 0.15) is 13.8 Å². The summed E-state index contributed by atoms with van der Waals surface area (Å²) >= 11 is 0. The number of alkyl halides is 3. The molecule has 0 aromatic carbocycles. The minimum atomic E-state index is -4.50. The van der Waals surface area contributed by atoms with Gasteiger partial charge >= 0.3 is 6.36 Å². The van der Waals surface area contributed by atoms with Gasteiger partial charge in [0.15, 0.2) is 0 Å². The Labute approximate surface area is 63.7 Å². The lowest BCUT2D eigenvalue weighted by Gasteiger charge is -2.09. The Balaban J connectivity index is 3.15.